The predicted molar refractivity (Wildman–Crippen MR) is 159 cm³/mol. The van der Waals surface area contributed by atoms with Gasteiger partial charge in [0.25, 0.3) is 0 Å². The molecule has 1 aliphatic rings. The smallest absolute Gasteiger partial charge is 0.410 e. The predicted octanol–water partition coefficient (Wildman–Crippen LogP) is 4.82. The Labute approximate surface area is 251 Å². The zero-order valence-electron chi connectivity index (χ0n) is 24.7. The van der Waals surface area contributed by atoms with Crippen LogP contribution in [0, 0.1) is 0 Å². The van der Waals surface area contributed by atoms with E-state index in [9.17, 15) is 19.2 Å². The number of nitrogens with one attached hydrogen (secondary N) is 1. The first-order valence-electron chi connectivity index (χ1n) is 14.2. The van der Waals surface area contributed by atoms with Gasteiger partial charge in [0, 0.05) is 32.6 Å². The Kier molecular flexibility index (Phi) is 10.4. The maximum Gasteiger partial charge on any atom is 0.410 e. The molecule has 1 heterocycles. The van der Waals surface area contributed by atoms with Gasteiger partial charge in [-0.15, -0.1) is 0 Å². The van der Waals surface area contributed by atoms with Crippen molar-refractivity contribution < 1.29 is 33.4 Å². The van der Waals surface area contributed by atoms with Gasteiger partial charge in [0.15, 0.2) is 0 Å². The van der Waals surface area contributed by atoms with Crippen molar-refractivity contribution in [3.05, 3.63) is 102 Å². The van der Waals surface area contributed by atoms with Gasteiger partial charge in [-0.2, -0.15) is 0 Å². The van der Waals surface area contributed by atoms with Gasteiger partial charge in [0.1, 0.15) is 24.0 Å². The molecule has 0 bridgehead atoms. The lowest BCUT2D eigenvalue weighted by molar-refractivity contribution is -0.135. The van der Waals surface area contributed by atoms with Crippen LogP contribution in [-0.4, -0.2) is 71.7 Å². The summed E-state index contributed by atoms with van der Waals surface area (Å²) in [6.07, 6.45) is -0.965. The fourth-order valence-corrected chi connectivity index (χ4v) is 4.43. The highest BCUT2D eigenvalue weighted by atomic mass is 16.6. The first kappa shape index (κ1) is 31.1. The molecule has 0 saturated carbocycles. The van der Waals surface area contributed by atoms with Crippen LogP contribution < -0.4 is 10.1 Å². The van der Waals surface area contributed by atoms with Crippen molar-refractivity contribution in [3.63, 3.8) is 0 Å². The topological polar surface area (TPSA) is 114 Å². The highest BCUT2D eigenvalue weighted by molar-refractivity contribution is 5.91. The number of ether oxygens (including phenoxy) is 3. The Bertz CT molecular complexity index is 1380. The number of amides is 3. The third-order valence-corrected chi connectivity index (χ3v) is 6.63. The van der Waals surface area contributed by atoms with E-state index in [0.29, 0.717) is 37.5 Å². The minimum Gasteiger partial charge on any atom is -0.445 e. The van der Waals surface area contributed by atoms with E-state index in [1.54, 1.807) is 79.1 Å². The van der Waals surface area contributed by atoms with Gasteiger partial charge in [-0.3, -0.25) is 4.79 Å². The zero-order chi connectivity index (χ0) is 30.8. The molecule has 3 amide bonds. The van der Waals surface area contributed by atoms with E-state index in [2.05, 4.69) is 5.32 Å². The third kappa shape index (κ3) is 9.59. The minimum absolute atomic E-state index is 0.0592. The number of carbonyl (C=O) groups is 4. The number of esters is 1. The molecular formula is C33H37N3O7. The number of alkyl carbamates (subject to hydrolysis) is 1. The van der Waals surface area contributed by atoms with E-state index in [4.69, 9.17) is 14.2 Å². The number of hydrogen-bond donors (Lipinski definition) is 1. The molecular weight excluding hydrogens is 550 g/mol. The molecule has 0 aromatic heterocycles. The maximum atomic E-state index is 13.6. The molecule has 4 rings (SSSR count). The Morgan fingerprint density at radius 2 is 1.35 bits per heavy atom. The molecule has 0 spiro atoms. The van der Waals surface area contributed by atoms with E-state index < -0.39 is 29.8 Å². The van der Waals surface area contributed by atoms with Crippen molar-refractivity contribution in [2.75, 3.05) is 26.2 Å². The van der Waals surface area contributed by atoms with E-state index in [-0.39, 0.29) is 18.9 Å². The second-order valence-electron chi connectivity index (χ2n) is 11.2. The van der Waals surface area contributed by atoms with Gasteiger partial charge < -0.3 is 29.3 Å². The Morgan fingerprint density at radius 1 is 0.767 bits per heavy atom. The molecule has 3 aromatic rings. The van der Waals surface area contributed by atoms with Gasteiger partial charge in [0.05, 0.1) is 5.56 Å². The van der Waals surface area contributed by atoms with Gasteiger partial charge in [0.2, 0.25) is 5.91 Å². The van der Waals surface area contributed by atoms with Crippen LogP contribution in [0.1, 0.15) is 42.3 Å². The number of piperazine rings is 1. The highest BCUT2D eigenvalue weighted by Gasteiger charge is 2.32. The average molecular weight is 588 g/mol. The molecule has 1 atom stereocenters. The lowest BCUT2D eigenvalue weighted by Gasteiger charge is -2.37. The quantitative estimate of drug-likeness (QED) is 0.297. The van der Waals surface area contributed by atoms with Crippen LogP contribution in [0.5, 0.6) is 5.75 Å². The first-order valence-corrected chi connectivity index (χ1v) is 14.2. The molecule has 1 saturated heterocycles. The van der Waals surface area contributed by atoms with Crippen molar-refractivity contribution in [1.29, 1.82) is 0 Å². The van der Waals surface area contributed by atoms with Gasteiger partial charge >= 0.3 is 18.2 Å². The fourth-order valence-electron chi connectivity index (χ4n) is 4.43. The SMILES string of the molecule is CC(C)(C)OC(=O)N1CCN(C(=O)[C@H](Cc2ccc(OC(=O)c3ccccc3)cc2)NC(=O)OCc2ccccc2)CC1. The van der Waals surface area contributed by atoms with Crippen molar-refractivity contribution in [3.8, 4) is 5.75 Å². The summed E-state index contributed by atoms with van der Waals surface area (Å²) in [6.45, 7) is 6.69. The average Bonchev–Trinajstić information content (AvgIpc) is 3.00. The van der Waals surface area contributed by atoms with Crippen LogP contribution in [0.3, 0.4) is 0 Å². The molecule has 0 unspecified atom stereocenters. The molecule has 1 N–H and O–H groups in total. The van der Waals surface area contributed by atoms with Crippen LogP contribution >= 0.6 is 0 Å². The van der Waals surface area contributed by atoms with E-state index in [0.717, 1.165) is 11.1 Å². The molecule has 10 heteroatoms. The van der Waals surface area contributed by atoms with Crippen LogP contribution in [0.2, 0.25) is 0 Å². The Morgan fingerprint density at radius 3 is 1.95 bits per heavy atom. The lowest BCUT2D eigenvalue weighted by atomic mass is 10.0. The standard InChI is InChI=1S/C33H37N3O7/c1-33(2,3)43-32(40)36-20-18-35(19-21-36)29(37)28(34-31(39)41-23-25-10-6-4-7-11-25)22-24-14-16-27(17-15-24)42-30(38)26-12-8-5-9-13-26/h4-17,28H,18-23H2,1-3H3,(H,34,39)/t28-/m0/s1. The fraction of sp³-hybridized carbons (Fsp3) is 0.333. The van der Waals surface area contributed by atoms with Crippen molar-refractivity contribution >= 4 is 24.1 Å². The molecule has 1 aliphatic heterocycles. The summed E-state index contributed by atoms with van der Waals surface area (Å²) in [6, 6.07) is 23.8. The normalized spacial score (nSPS) is 13.9. The van der Waals surface area contributed by atoms with Crippen LogP contribution in [-0.2, 0) is 27.3 Å². The third-order valence-electron chi connectivity index (χ3n) is 6.63. The summed E-state index contributed by atoms with van der Waals surface area (Å²) < 4.78 is 16.3. The minimum atomic E-state index is -0.922. The first-order chi connectivity index (χ1) is 20.6. The summed E-state index contributed by atoms with van der Waals surface area (Å²) in [5.74, 6) is -0.413. The molecule has 1 fully saturated rings. The monoisotopic (exact) mass is 587 g/mol. The molecule has 0 radical (unpaired) electrons. The number of rotatable bonds is 8. The summed E-state index contributed by atoms with van der Waals surface area (Å²) >= 11 is 0. The highest BCUT2D eigenvalue weighted by Crippen LogP contribution is 2.17. The summed E-state index contributed by atoms with van der Waals surface area (Å²) in [5, 5.41) is 2.72. The largest absolute Gasteiger partial charge is 0.445 e. The van der Waals surface area contributed by atoms with Crippen LogP contribution in [0.25, 0.3) is 0 Å². The van der Waals surface area contributed by atoms with Crippen molar-refractivity contribution in [2.24, 2.45) is 0 Å². The zero-order valence-corrected chi connectivity index (χ0v) is 24.7. The molecule has 0 aliphatic carbocycles. The number of hydrogen-bond acceptors (Lipinski definition) is 7. The van der Waals surface area contributed by atoms with Gasteiger partial charge in [-0.1, -0.05) is 60.7 Å². The van der Waals surface area contributed by atoms with Gasteiger partial charge in [-0.05, 0) is 56.2 Å². The van der Waals surface area contributed by atoms with Crippen molar-refractivity contribution in [1.82, 2.24) is 15.1 Å². The molecule has 10 nitrogen and oxygen atoms in total. The van der Waals surface area contributed by atoms with Crippen molar-refractivity contribution in [2.45, 2.75) is 45.4 Å². The van der Waals surface area contributed by atoms with E-state index in [1.807, 2.05) is 36.4 Å². The Balaban J connectivity index is 1.40. The second-order valence-corrected chi connectivity index (χ2v) is 11.2. The summed E-state index contributed by atoms with van der Waals surface area (Å²) in [7, 11) is 0. The lowest BCUT2D eigenvalue weighted by Crippen LogP contribution is -2.56. The van der Waals surface area contributed by atoms with E-state index in [1.165, 1.54) is 0 Å². The summed E-state index contributed by atoms with van der Waals surface area (Å²) in [5.41, 5.74) is 1.38. The van der Waals surface area contributed by atoms with Gasteiger partial charge in [-0.25, -0.2) is 14.4 Å². The second kappa shape index (κ2) is 14.4. The summed E-state index contributed by atoms with van der Waals surface area (Å²) in [4.78, 5) is 54.5. The maximum absolute atomic E-state index is 13.6. The molecule has 226 valence electrons. The number of carbonyl (C=O) groups excluding carboxylic acids is 4. The van der Waals surface area contributed by atoms with E-state index >= 15 is 0 Å². The van der Waals surface area contributed by atoms with Crippen LogP contribution in [0.4, 0.5) is 9.59 Å². The molecule has 3 aromatic carbocycles. The number of benzene rings is 3. The Hall–Kier alpha value is -4.86. The van der Waals surface area contributed by atoms with Crippen LogP contribution in [0.15, 0.2) is 84.9 Å². The number of nitrogens with zero attached hydrogens (tertiary/aromatic N) is 2. The molecule has 43 heavy (non-hydrogen) atoms.